The highest BCUT2D eigenvalue weighted by Gasteiger charge is 2.48. The first-order chi connectivity index (χ1) is 13.4. The molecule has 2 rings (SSSR count). The number of hydrogen-bond donors (Lipinski definition) is 5. The van der Waals surface area contributed by atoms with Gasteiger partial charge < -0.3 is 30.5 Å². The first-order valence-electron chi connectivity index (χ1n) is 10.4. The second-order valence-electron chi connectivity index (χ2n) is 7.13. The number of carbonyl (C=O) groups is 1. The Morgan fingerprint density at radius 3 is 2.56 bits per heavy atom. The summed E-state index contributed by atoms with van der Waals surface area (Å²) in [6.45, 7) is 1.17. The molecule has 27 heavy (non-hydrogen) atoms. The molecule has 2 aliphatic heterocycles. The number of aliphatic hydroxyl groups is 4. The number of ether oxygens (including phenoxy) is 1. The van der Waals surface area contributed by atoms with Crippen LogP contribution in [-0.2, 0) is 9.53 Å². The SMILES string of the molecule is Cl.[2H]C([2H])([2H])N1C[C@H](CC)C[C@H]1C(=O)N[C@@H]([C@H]1O[C@H](SC)[C@H](O)[C@@H](O)[C@H]1O)[C@H](C)O. The van der Waals surface area contributed by atoms with E-state index in [1.165, 1.54) is 11.8 Å². The van der Waals surface area contributed by atoms with Gasteiger partial charge in [0.2, 0.25) is 5.91 Å². The first kappa shape index (κ1) is 20.2. The lowest BCUT2D eigenvalue weighted by Crippen LogP contribution is -2.65. The molecule has 0 bridgehead atoms. The van der Waals surface area contributed by atoms with Gasteiger partial charge in [0.05, 0.1) is 18.2 Å². The van der Waals surface area contributed by atoms with E-state index in [9.17, 15) is 25.2 Å². The molecular formula is C17H33ClN2O6S. The molecule has 5 N–H and O–H groups in total. The Morgan fingerprint density at radius 1 is 1.37 bits per heavy atom. The van der Waals surface area contributed by atoms with Crippen LogP contribution in [0.4, 0.5) is 0 Å². The van der Waals surface area contributed by atoms with Crippen LogP contribution in [0.5, 0.6) is 0 Å². The Hall–Kier alpha value is -0.130. The Labute approximate surface area is 175 Å². The number of carbonyl (C=O) groups excluding carboxylic acids is 1. The van der Waals surface area contributed by atoms with Crippen molar-refractivity contribution in [1.29, 1.82) is 0 Å². The molecule has 2 heterocycles. The third kappa shape index (κ3) is 5.48. The molecule has 2 saturated heterocycles. The smallest absolute Gasteiger partial charge is 0.237 e. The van der Waals surface area contributed by atoms with Crippen LogP contribution in [0, 0.1) is 5.92 Å². The molecule has 0 aromatic heterocycles. The zero-order valence-electron chi connectivity index (χ0n) is 18.7. The summed E-state index contributed by atoms with van der Waals surface area (Å²) in [6.07, 6.45) is -3.96. The van der Waals surface area contributed by atoms with Gasteiger partial charge in [-0.3, -0.25) is 9.69 Å². The van der Waals surface area contributed by atoms with Crippen LogP contribution in [0.2, 0.25) is 0 Å². The van der Waals surface area contributed by atoms with Gasteiger partial charge in [0, 0.05) is 10.7 Å². The second-order valence-corrected chi connectivity index (χ2v) is 8.07. The second kappa shape index (κ2) is 10.6. The maximum absolute atomic E-state index is 13.0. The third-order valence-corrected chi connectivity index (χ3v) is 6.14. The number of thioether (sulfide) groups is 1. The van der Waals surface area contributed by atoms with E-state index in [0.717, 1.165) is 18.2 Å². The van der Waals surface area contributed by atoms with E-state index < -0.39 is 60.9 Å². The van der Waals surface area contributed by atoms with Gasteiger partial charge in [-0.15, -0.1) is 24.2 Å². The highest BCUT2D eigenvalue weighted by atomic mass is 35.5. The summed E-state index contributed by atoms with van der Waals surface area (Å²) < 4.78 is 28.8. The van der Waals surface area contributed by atoms with Gasteiger partial charge in [-0.25, -0.2) is 0 Å². The standard InChI is InChI=1S/C17H32N2O6S.ClH/c1-5-9-6-10(19(3)7-9)16(24)18-11(8(2)20)15-13(22)12(21)14(23)17(25-15)26-4;/h8-15,17,20-23H,5-7H2,1-4H3,(H,18,24);1H/t8-,9+,10-,11+,12-,13+,14+,15+,17+;/m0./s1/i3D3;. The molecule has 8 nitrogen and oxygen atoms in total. The van der Waals surface area contributed by atoms with Gasteiger partial charge in [0.25, 0.3) is 0 Å². The number of hydrogen-bond acceptors (Lipinski definition) is 8. The Morgan fingerprint density at radius 2 is 2.04 bits per heavy atom. The molecule has 2 aliphatic rings. The molecule has 0 spiro atoms. The van der Waals surface area contributed by atoms with Crippen LogP contribution < -0.4 is 5.32 Å². The third-order valence-electron chi connectivity index (χ3n) is 5.29. The Balaban J connectivity index is 0.00000450. The van der Waals surface area contributed by atoms with Crippen LogP contribution in [0.1, 0.15) is 30.8 Å². The van der Waals surface area contributed by atoms with E-state index in [2.05, 4.69) is 5.32 Å². The molecule has 1 amide bonds. The average Bonchev–Trinajstić information content (AvgIpc) is 3.10. The van der Waals surface area contributed by atoms with E-state index in [1.54, 1.807) is 6.26 Å². The summed E-state index contributed by atoms with van der Waals surface area (Å²) in [6, 6.07) is -2.00. The lowest BCUT2D eigenvalue weighted by Gasteiger charge is -2.44. The molecule has 0 radical (unpaired) electrons. The number of likely N-dealkylation sites (tertiary alicyclic amines) is 1. The molecule has 0 aromatic carbocycles. The Bertz CT molecular complexity index is 574. The highest BCUT2D eigenvalue weighted by molar-refractivity contribution is 7.99. The Kier molecular flexibility index (Phi) is 7.91. The molecule has 10 heteroatoms. The maximum Gasteiger partial charge on any atom is 0.237 e. The van der Waals surface area contributed by atoms with Crippen LogP contribution in [0.25, 0.3) is 0 Å². The van der Waals surface area contributed by atoms with E-state index >= 15 is 0 Å². The maximum atomic E-state index is 13.0. The lowest BCUT2D eigenvalue weighted by atomic mass is 9.92. The molecule has 9 atom stereocenters. The normalized spacial score (nSPS) is 41.6. The van der Waals surface area contributed by atoms with Crippen molar-refractivity contribution in [1.82, 2.24) is 10.2 Å². The van der Waals surface area contributed by atoms with Gasteiger partial charge in [-0.1, -0.05) is 13.3 Å². The van der Waals surface area contributed by atoms with Crippen LogP contribution >= 0.6 is 24.2 Å². The summed E-state index contributed by atoms with van der Waals surface area (Å²) in [5.74, 6) is -0.523. The van der Waals surface area contributed by atoms with Crippen molar-refractivity contribution in [3.05, 3.63) is 0 Å². The van der Waals surface area contributed by atoms with Crippen molar-refractivity contribution in [3.63, 3.8) is 0 Å². The van der Waals surface area contributed by atoms with Crippen molar-refractivity contribution in [2.45, 2.75) is 74.7 Å². The number of aliphatic hydroxyl groups excluding tert-OH is 4. The minimum atomic E-state index is -2.43. The van der Waals surface area contributed by atoms with Gasteiger partial charge in [-0.05, 0) is 32.5 Å². The largest absolute Gasteiger partial charge is 0.391 e. The summed E-state index contributed by atoms with van der Waals surface area (Å²) >= 11 is 1.12. The van der Waals surface area contributed by atoms with Crippen LogP contribution in [0.15, 0.2) is 0 Å². The summed E-state index contributed by atoms with van der Waals surface area (Å²) in [5, 5.41) is 43.4. The zero-order valence-corrected chi connectivity index (χ0v) is 17.3. The molecule has 0 unspecified atom stereocenters. The van der Waals surface area contributed by atoms with E-state index in [0.29, 0.717) is 6.42 Å². The minimum absolute atomic E-state index is 0. The number of nitrogens with zero attached hydrogens (tertiary/aromatic N) is 1. The van der Waals surface area contributed by atoms with Crippen molar-refractivity contribution in [2.24, 2.45) is 5.92 Å². The zero-order chi connectivity index (χ0) is 22.1. The van der Waals surface area contributed by atoms with Gasteiger partial charge >= 0.3 is 0 Å². The predicted molar refractivity (Wildman–Crippen MR) is 106 cm³/mol. The molecule has 160 valence electrons. The molecule has 0 aliphatic carbocycles. The van der Waals surface area contributed by atoms with E-state index in [1.807, 2.05) is 6.92 Å². The van der Waals surface area contributed by atoms with Crippen molar-refractivity contribution in [3.8, 4) is 0 Å². The van der Waals surface area contributed by atoms with Crippen molar-refractivity contribution in [2.75, 3.05) is 19.8 Å². The van der Waals surface area contributed by atoms with Crippen molar-refractivity contribution >= 4 is 30.1 Å². The van der Waals surface area contributed by atoms with Crippen LogP contribution in [-0.4, -0.2) is 99.0 Å². The fraction of sp³-hybridized carbons (Fsp3) is 0.941. The average molecular weight is 432 g/mol. The fourth-order valence-electron chi connectivity index (χ4n) is 3.57. The quantitative estimate of drug-likeness (QED) is 0.369. The van der Waals surface area contributed by atoms with E-state index in [-0.39, 0.29) is 24.9 Å². The number of halogens is 1. The van der Waals surface area contributed by atoms with Crippen molar-refractivity contribution < 1.29 is 34.1 Å². The number of amides is 1. The lowest BCUT2D eigenvalue weighted by molar-refractivity contribution is -0.211. The number of nitrogens with one attached hydrogen (secondary N) is 1. The van der Waals surface area contributed by atoms with E-state index in [4.69, 9.17) is 8.85 Å². The summed E-state index contributed by atoms with van der Waals surface area (Å²) in [5.41, 5.74) is -0.855. The molecule has 2 fully saturated rings. The monoisotopic (exact) mass is 431 g/mol. The summed E-state index contributed by atoms with van der Waals surface area (Å²) in [7, 11) is 0. The summed E-state index contributed by atoms with van der Waals surface area (Å²) in [4.78, 5) is 14.1. The van der Waals surface area contributed by atoms with Crippen LogP contribution in [0.3, 0.4) is 0 Å². The fourth-order valence-corrected chi connectivity index (χ4v) is 4.25. The van der Waals surface area contributed by atoms with Gasteiger partial charge in [-0.2, -0.15) is 0 Å². The first-order valence-corrected chi connectivity index (χ1v) is 10.2. The highest BCUT2D eigenvalue weighted by Crippen LogP contribution is 2.30. The molecule has 0 aromatic rings. The number of likely N-dealkylation sites (N-methyl/N-ethyl adjacent to an activating group) is 1. The predicted octanol–water partition coefficient (Wildman–Crippen LogP) is -0.825. The van der Waals surface area contributed by atoms with Gasteiger partial charge in [0.1, 0.15) is 29.9 Å². The number of rotatable bonds is 6. The minimum Gasteiger partial charge on any atom is -0.391 e. The molecule has 0 saturated carbocycles. The molecular weight excluding hydrogens is 396 g/mol. The van der Waals surface area contributed by atoms with Gasteiger partial charge in [0.15, 0.2) is 0 Å². The topological polar surface area (TPSA) is 122 Å².